The Hall–Kier alpha value is -1.95. The summed E-state index contributed by atoms with van der Waals surface area (Å²) < 4.78 is 0. The number of nitro benzene ring substituents is 1. The molecule has 0 fully saturated rings. The van der Waals surface area contributed by atoms with Gasteiger partial charge in [0.1, 0.15) is 0 Å². The maximum atomic E-state index is 10.9. The normalized spacial score (nSPS) is 18.0. The Morgan fingerprint density at radius 1 is 1.29 bits per heavy atom. The van der Waals surface area contributed by atoms with Crippen molar-refractivity contribution in [3.63, 3.8) is 0 Å². The fraction of sp³-hybridized carbons (Fsp3) is 0.333. The molecule has 2 unspecified atom stereocenters. The highest BCUT2D eigenvalue weighted by Crippen LogP contribution is 2.26. The number of aryl methyl sites for hydroxylation is 1. The fourth-order valence-electron chi connectivity index (χ4n) is 3.14. The Kier molecular flexibility index (Phi) is 5.14. The minimum Gasteiger partial charge on any atom is -0.387 e. The van der Waals surface area contributed by atoms with Crippen molar-refractivity contribution in [3.05, 3.63) is 74.3 Å². The van der Waals surface area contributed by atoms with Crippen molar-refractivity contribution < 1.29 is 10.0 Å². The monoisotopic (exact) mass is 346 g/mol. The molecular formula is C18H19ClN2O3. The van der Waals surface area contributed by atoms with Gasteiger partial charge in [-0.25, -0.2) is 0 Å². The van der Waals surface area contributed by atoms with Crippen molar-refractivity contribution in [2.24, 2.45) is 0 Å². The standard InChI is InChI=1S/C18H19ClN2O3/c19-15-3-1-2-13(8-15)18(22)11-20-16-6-4-12-5-7-17(21(23)24)10-14(12)9-16/h1-3,5,7-8,10,16,18,20,22H,4,6,9,11H2. The quantitative estimate of drug-likeness (QED) is 0.642. The molecule has 2 N–H and O–H groups in total. The van der Waals surface area contributed by atoms with Crippen LogP contribution in [0.25, 0.3) is 0 Å². The van der Waals surface area contributed by atoms with Crippen molar-refractivity contribution in [2.75, 3.05) is 6.54 Å². The second kappa shape index (κ2) is 7.30. The third-order valence-electron chi connectivity index (χ3n) is 4.46. The summed E-state index contributed by atoms with van der Waals surface area (Å²) in [5.41, 5.74) is 3.11. The van der Waals surface area contributed by atoms with E-state index in [1.54, 1.807) is 24.3 Å². The van der Waals surface area contributed by atoms with E-state index in [2.05, 4.69) is 5.32 Å². The zero-order valence-corrected chi connectivity index (χ0v) is 13.9. The van der Waals surface area contributed by atoms with Crippen molar-refractivity contribution in [1.82, 2.24) is 5.32 Å². The zero-order valence-electron chi connectivity index (χ0n) is 13.1. The lowest BCUT2D eigenvalue weighted by atomic mass is 9.88. The molecule has 2 atom stereocenters. The van der Waals surface area contributed by atoms with E-state index in [1.165, 1.54) is 5.56 Å². The minimum absolute atomic E-state index is 0.133. The number of halogens is 1. The SMILES string of the molecule is O=[N+]([O-])c1ccc2c(c1)CC(NCC(O)c1cccc(Cl)c1)CC2. The summed E-state index contributed by atoms with van der Waals surface area (Å²) in [5, 5.41) is 25.2. The van der Waals surface area contributed by atoms with Gasteiger partial charge in [0.05, 0.1) is 11.0 Å². The Bertz CT molecular complexity index is 751. The molecule has 0 bridgehead atoms. The van der Waals surface area contributed by atoms with Gasteiger partial charge in [0.15, 0.2) is 0 Å². The van der Waals surface area contributed by atoms with Gasteiger partial charge in [-0.05, 0) is 48.1 Å². The number of nitro groups is 1. The van der Waals surface area contributed by atoms with Crippen molar-refractivity contribution >= 4 is 17.3 Å². The van der Waals surface area contributed by atoms with E-state index in [0.29, 0.717) is 11.6 Å². The van der Waals surface area contributed by atoms with Crippen molar-refractivity contribution in [2.45, 2.75) is 31.4 Å². The largest absolute Gasteiger partial charge is 0.387 e. The third kappa shape index (κ3) is 3.93. The van der Waals surface area contributed by atoms with Crippen LogP contribution in [0.2, 0.25) is 5.02 Å². The first-order valence-corrected chi connectivity index (χ1v) is 8.34. The highest BCUT2D eigenvalue weighted by atomic mass is 35.5. The van der Waals surface area contributed by atoms with E-state index < -0.39 is 6.10 Å². The van der Waals surface area contributed by atoms with Gasteiger partial charge < -0.3 is 10.4 Å². The fourth-order valence-corrected chi connectivity index (χ4v) is 3.34. The maximum Gasteiger partial charge on any atom is 0.269 e. The van der Waals surface area contributed by atoms with Crippen molar-refractivity contribution in [1.29, 1.82) is 0 Å². The second-order valence-corrected chi connectivity index (χ2v) is 6.57. The molecular weight excluding hydrogens is 328 g/mol. The Labute approximate surface area is 145 Å². The van der Waals surface area contributed by atoms with Crippen LogP contribution in [0.15, 0.2) is 42.5 Å². The Balaban J connectivity index is 1.61. The predicted molar refractivity (Wildman–Crippen MR) is 93.3 cm³/mol. The third-order valence-corrected chi connectivity index (χ3v) is 4.70. The smallest absolute Gasteiger partial charge is 0.269 e. The maximum absolute atomic E-state index is 10.9. The van der Waals surface area contributed by atoms with Crippen LogP contribution < -0.4 is 5.32 Å². The molecule has 2 aromatic carbocycles. The predicted octanol–water partition coefficient (Wildman–Crippen LogP) is 3.43. The molecule has 1 aliphatic carbocycles. The van der Waals surface area contributed by atoms with Gasteiger partial charge in [0, 0.05) is 29.7 Å². The average Bonchev–Trinajstić information content (AvgIpc) is 2.58. The molecule has 0 aromatic heterocycles. The van der Waals surface area contributed by atoms with Crippen LogP contribution >= 0.6 is 11.6 Å². The summed E-state index contributed by atoms with van der Waals surface area (Å²) in [6.07, 6.45) is 1.94. The lowest BCUT2D eigenvalue weighted by Gasteiger charge is -2.26. The molecule has 5 nitrogen and oxygen atoms in total. The molecule has 0 saturated carbocycles. The van der Waals surface area contributed by atoms with Gasteiger partial charge in [-0.1, -0.05) is 29.8 Å². The number of aliphatic hydroxyl groups excluding tert-OH is 1. The van der Waals surface area contributed by atoms with E-state index in [1.807, 2.05) is 18.2 Å². The molecule has 2 aromatic rings. The highest BCUT2D eigenvalue weighted by Gasteiger charge is 2.21. The van der Waals surface area contributed by atoms with Gasteiger partial charge in [-0.15, -0.1) is 0 Å². The molecule has 0 saturated heterocycles. The molecule has 0 amide bonds. The number of nitrogens with zero attached hydrogens (tertiary/aromatic N) is 1. The summed E-state index contributed by atoms with van der Waals surface area (Å²) >= 11 is 5.95. The Morgan fingerprint density at radius 2 is 2.12 bits per heavy atom. The van der Waals surface area contributed by atoms with Crippen LogP contribution in [0.1, 0.15) is 29.2 Å². The van der Waals surface area contributed by atoms with E-state index in [4.69, 9.17) is 11.6 Å². The number of nitrogens with one attached hydrogen (secondary N) is 1. The number of hydrogen-bond donors (Lipinski definition) is 2. The number of benzene rings is 2. The summed E-state index contributed by atoms with van der Waals surface area (Å²) in [6, 6.07) is 12.5. The number of fused-ring (bicyclic) bond motifs is 1. The van der Waals surface area contributed by atoms with Gasteiger partial charge >= 0.3 is 0 Å². The van der Waals surface area contributed by atoms with Crippen LogP contribution in [0.5, 0.6) is 0 Å². The first-order valence-electron chi connectivity index (χ1n) is 7.96. The number of aliphatic hydroxyl groups is 1. The molecule has 1 aliphatic rings. The first kappa shape index (κ1) is 16.9. The van der Waals surface area contributed by atoms with E-state index in [9.17, 15) is 15.2 Å². The van der Waals surface area contributed by atoms with Crippen LogP contribution in [0.3, 0.4) is 0 Å². The minimum atomic E-state index is -0.629. The van der Waals surface area contributed by atoms with Gasteiger partial charge in [-0.3, -0.25) is 10.1 Å². The lowest BCUT2D eigenvalue weighted by molar-refractivity contribution is -0.384. The number of non-ortho nitro benzene ring substituents is 1. The Morgan fingerprint density at radius 3 is 2.88 bits per heavy atom. The van der Waals surface area contributed by atoms with Crippen LogP contribution in [-0.2, 0) is 12.8 Å². The van der Waals surface area contributed by atoms with E-state index >= 15 is 0 Å². The van der Waals surface area contributed by atoms with Gasteiger partial charge in [-0.2, -0.15) is 0 Å². The summed E-state index contributed by atoms with van der Waals surface area (Å²) in [7, 11) is 0. The van der Waals surface area contributed by atoms with Gasteiger partial charge in [0.2, 0.25) is 0 Å². The van der Waals surface area contributed by atoms with Crippen molar-refractivity contribution in [3.8, 4) is 0 Å². The van der Waals surface area contributed by atoms with E-state index in [-0.39, 0.29) is 16.7 Å². The molecule has 3 rings (SSSR count). The highest BCUT2D eigenvalue weighted by molar-refractivity contribution is 6.30. The summed E-state index contributed by atoms with van der Waals surface area (Å²) in [5.74, 6) is 0. The van der Waals surface area contributed by atoms with Crippen LogP contribution in [0.4, 0.5) is 5.69 Å². The second-order valence-electron chi connectivity index (χ2n) is 6.13. The number of hydrogen-bond acceptors (Lipinski definition) is 4. The topological polar surface area (TPSA) is 75.4 Å². The summed E-state index contributed by atoms with van der Waals surface area (Å²) in [6.45, 7) is 0.426. The molecule has 0 aliphatic heterocycles. The molecule has 6 heteroatoms. The van der Waals surface area contributed by atoms with E-state index in [0.717, 1.165) is 30.4 Å². The van der Waals surface area contributed by atoms with Crippen LogP contribution in [-0.4, -0.2) is 22.6 Å². The molecule has 0 spiro atoms. The zero-order chi connectivity index (χ0) is 17.1. The molecule has 24 heavy (non-hydrogen) atoms. The molecule has 0 radical (unpaired) electrons. The number of rotatable bonds is 5. The average molecular weight is 347 g/mol. The first-order chi connectivity index (χ1) is 11.5. The summed E-state index contributed by atoms with van der Waals surface area (Å²) in [4.78, 5) is 10.6. The van der Waals surface area contributed by atoms with Crippen LogP contribution in [0, 0.1) is 10.1 Å². The molecule has 0 heterocycles. The van der Waals surface area contributed by atoms with Gasteiger partial charge in [0.25, 0.3) is 5.69 Å². The lowest BCUT2D eigenvalue weighted by Crippen LogP contribution is -2.37. The molecule has 126 valence electrons.